The summed E-state index contributed by atoms with van der Waals surface area (Å²) in [7, 11) is 0. The van der Waals surface area contributed by atoms with Gasteiger partial charge in [0.05, 0.1) is 0 Å². The second kappa shape index (κ2) is 10.1. The summed E-state index contributed by atoms with van der Waals surface area (Å²) in [4.78, 5) is 2.65. The molecule has 1 saturated heterocycles. The van der Waals surface area contributed by atoms with Gasteiger partial charge < -0.3 is 15.3 Å². The molecule has 0 spiro atoms. The molecule has 2 fully saturated rings. The van der Waals surface area contributed by atoms with E-state index in [9.17, 15) is 15.3 Å². The van der Waals surface area contributed by atoms with E-state index in [2.05, 4.69) is 41.3 Å². The van der Waals surface area contributed by atoms with E-state index >= 15 is 0 Å². The van der Waals surface area contributed by atoms with Crippen LogP contribution in [0.3, 0.4) is 0 Å². The normalized spacial score (nSPS) is 19.4. The zero-order valence-corrected chi connectivity index (χ0v) is 19.5. The number of nitrogens with zero attached hydrogens (tertiary/aromatic N) is 1. The van der Waals surface area contributed by atoms with Crippen molar-refractivity contribution in [3.05, 3.63) is 101 Å². The van der Waals surface area contributed by atoms with Crippen molar-refractivity contribution in [2.45, 2.75) is 50.4 Å². The molecule has 34 heavy (non-hydrogen) atoms. The number of phenols is 1. The van der Waals surface area contributed by atoms with Gasteiger partial charge in [-0.3, -0.25) is 4.90 Å². The summed E-state index contributed by atoms with van der Waals surface area (Å²) in [5.41, 5.74) is 6.67. The van der Waals surface area contributed by atoms with Gasteiger partial charge in [0.1, 0.15) is 5.75 Å². The largest absolute Gasteiger partial charge is 0.508 e. The average molecular weight is 456 g/mol. The van der Waals surface area contributed by atoms with Gasteiger partial charge in [-0.25, -0.2) is 0 Å². The number of aliphatic hydroxyl groups is 2. The number of aliphatic hydroxyl groups excluding tert-OH is 1. The van der Waals surface area contributed by atoms with Crippen molar-refractivity contribution < 1.29 is 15.3 Å². The zero-order chi connectivity index (χ0) is 23.5. The standard InChI is InChI=1S/C30H33NO3/c32-27-14-10-24(11-15-27)30(28(16-17-29(33)34)22-4-2-1-3-5-22)23-8-6-21(7-9-23)25-18-19-31(20-25)26-12-13-26/h1-11,14-15,25-26,29,32-34H,12-13,16-20H2/b30-28+. The fraction of sp³-hybridized carbons (Fsp3) is 0.333. The summed E-state index contributed by atoms with van der Waals surface area (Å²) < 4.78 is 0. The summed E-state index contributed by atoms with van der Waals surface area (Å²) in [5, 5.41) is 29.1. The molecular weight excluding hydrogens is 422 g/mol. The monoisotopic (exact) mass is 455 g/mol. The molecule has 3 N–H and O–H groups in total. The van der Waals surface area contributed by atoms with Crippen molar-refractivity contribution in [3.8, 4) is 5.75 Å². The molecule has 1 aliphatic carbocycles. The third kappa shape index (κ3) is 5.25. The molecule has 1 unspecified atom stereocenters. The van der Waals surface area contributed by atoms with Crippen LogP contribution in [0.15, 0.2) is 78.9 Å². The van der Waals surface area contributed by atoms with Gasteiger partial charge in [-0.1, -0.05) is 66.7 Å². The van der Waals surface area contributed by atoms with Crippen LogP contribution in [0.5, 0.6) is 5.75 Å². The van der Waals surface area contributed by atoms with Crippen LogP contribution in [-0.2, 0) is 0 Å². The van der Waals surface area contributed by atoms with Crippen molar-refractivity contribution in [1.29, 1.82) is 0 Å². The van der Waals surface area contributed by atoms with Gasteiger partial charge >= 0.3 is 0 Å². The molecule has 2 aliphatic rings. The van der Waals surface area contributed by atoms with E-state index in [1.165, 1.54) is 31.4 Å². The lowest BCUT2D eigenvalue weighted by Gasteiger charge is -2.19. The van der Waals surface area contributed by atoms with Crippen molar-refractivity contribution in [3.63, 3.8) is 0 Å². The number of rotatable bonds is 8. The van der Waals surface area contributed by atoms with Crippen LogP contribution in [0, 0.1) is 0 Å². The van der Waals surface area contributed by atoms with E-state index in [0.717, 1.165) is 40.4 Å². The molecule has 4 nitrogen and oxygen atoms in total. The Bertz CT molecular complexity index is 1120. The molecule has 3 aromatic rings. The number of allylic oxidation sites excluding steroid dienone is 1. The van der Waals surface area contributed by atoms with E-state index in [1.54, 1.807) is 12.1 Å². The number of aromatic hydroxyl groups is 1. The fourth-order valence-electron chi connectivity index (χ4n) is 5.22. The van der Waals surface area contributed by atoms with Crippen LogP contribution in [0.2, 0.25) is 0 Å². The molecule has 0 bridgehead atoms. The Hall–Kier alpha value is -2.92. The average Bonchev–Trinajstić information content (AvgIpc) is 3.59. The first-order chi connectivity index (χ1) is 16.6. The molecule has 176 valence electrons. The third-order valence-corrected chi connectivity index (χ3v) is 7.19. The van der Waals surface area contributed by atoms with Crippen molar-refractivity contribution in [2.24, 2.45) is 0 Å². The van der Waals surface area contributed by atoms with Gasteiger partial charge in [0.15, 0.2) is 6.29 Å². The van der Waals surface area contributed by atoms with Crippen LogP contribution in [0.4, 0.5) is 0 Å². The maximum absolute atomic E-state index is 9.88. The first-order valence-corrected chi connectivity index (χ1v) is 12.4. The van der Waals surface area contributed by atoms with Crippen molar-refractivity contribution in [2.75, 3.05) is 13.1 Å². The van der Waals surface area contributed by atoms with Gasteiger partial charge in [0, 0.05) is 19.0 Å². The highest BCUT2D eigenvalue weighted by atomic mass is 16.5. The van der Waals surface area contributed by atoms with E-state index < -0.39 is 6.29 Å². The van der Waals surface area contributed by atoms with E-state index in [-0.39, 0.29) is 12.2 Å². The fourth-order valence-corrected chi connectivity index (χ4v) is 5.22. The molecule has 0 aromatic heterocycles. The quantitative estimate of drug-likeness (QED) is 0.315. The minimum absolute atomic E-state index is 0.229. The molecular formula is C30H33NO3. The highest BCUT2D eigenvalue weighted by Crippen LogP contribution is 2.38. The molecule has 4 heteroatoms. The van der Waals surface area contributed by atoms with Crippen LogP contribution < -0.4 is 0 Å². The zero-order valence-electron chi connectivity index (χ0n) is 19.5. The molecule has 1 saturated carbocycles. The Morgan fingerprint density at radius 1 is 0.794 bits per heavy atom. The summed E-state index contributed by atoms with van der Waals surface area (Å²) in [6, 6.07) is 27.2. The molecule has 0 amide bonds. The molecule has 5 rings (SSSR count). The SMILES string of the molecule is Oc1ccc(/C(=C(\CCC(O)O)c2ccccc2)c2ccc(C3CCN(C4CC4)C3)cc2)cc1. The topological polar surface area (TPSA) is 63.9 Å². The number of benzene rings is 3. The van der Waals surface area contributed by atoms with E-state index in [1.807, 2.05) is 30.3 Å². The predicted molar refractivity (Wildman–Crippen MR) is 136 cm³/mol. The van der Waals surface area contributed by atoms with Gasteiger partial charge in [0.25, 0.3) is 0 Å². The van der Waals surface area contributed by atoms with Gasteiger partial charge in [0.2, 0.25) is 0 Å². The van der Waals surface area contributed by atoms with Gasteiger partial charge in [-0.2, -0.15) is 0 Å². The minimum Gasteiger partial charge on any atom is -0.508 e. The summed E-state index contributed by atoms with van der Waals surface area (Å²) in [6.45, 7) is 2.37. The highest BCUT2D eigenvalue weighted by Gasteiger charge is 2.34. The second-order valence-corrected chi connectivity index (χ2v) is 9.62. The first kappa shape index (κ1) is 22.9. The maximum atomic E-state index is 9.88. The molecule has 0 radical (unpaired) electrons. The first-order valence-electron chi connectivity index (χ1n) is 12.4. The lowest BCUT2D eigenvalue weighted by atomic mass is 9.86. The van der Waals surface area contributed by atoms with Crippen molar-refractivity contribution in [1.82, 2.24) is 4.90 Å². The number of hydrogen-bond acceptors (Lipinski definition) is 4. The summed E-state index contributed by atoms with van der Waals surface area (Å²) >= 11 is 0. The van der Waals surface area contributed by atoms with Crippen molar-refractivity contribution >= 4 is 11.1 Å². The van der Waals surface area contributed by atoms with Crippen LogP contribution in [0.1, 0.15) is 60.3 Å². The molecule has 1 atom stereocenters. The Kier molecular flexibility index (Phi) is 6.82. The molecule has 1 heterocycles. The number of phenolic OH excluding ortho intramolecular Hbond substituents is 1. The molecule has 3 aromatic carbocycles. The lowest BCUT2D eigenvalue weighted by molar-refractivity contribution is -0.0438. The Morgan fingerprint density at radius 2 is 1.44 bits per heavy atom. The summed E-state index contributed by atoms with van der Waals surface area (Å²) in [6.07, 6.45) is 3.36. The highest BCUT2D eigenvalue weighted by molar-refractivity contribution is 5.98. The van der Waals surface area contributed by atoms with Crippen LogP contribution in [0.25, 0.3) is 11.1 Å². The van der Waals surface area contributed by atoms with Crippen LogP contribution in [-0.4, -0.2) is 45.6 Å². The number of hydrogen-bond donors (Lipinski definition) is 3. The Morgan fingerprint density at radius 3 is 2.06 bits per heavy atom. The van der Waals surface area contributed by atoms with Gasteiger partial charge in [-0.15, -0.1) is 0 Å². The maximum Gasteiger partial charge on any atom is 0.151 e. The second-order valence-electron chi connectivity index (χ2n) is 9.62. The Balaban J connectivity index is 1.54. The van der Waals surface area contributed by atoms with Gasteiger partial charge in [-0.05, 0) is 83.7 Å². The third-order valence-electron chi connectivity index (χ3n) is 7.19. The molecule has 1 aliphatic heterocycles. The summed E-state index contributed by atoms with van der Waals surface area (Å²) in [5.74, 6) is 0.820. The smallest absolute Gasteiger partial charge is 0.151 e. The van der Waals surface area contributed by atoms with E-state index in [0.29, 0.717) is 12.3 Å². The van der Waals surface area contributed by atoms with Crippen LogP contribution >= 0.6 is 0 Å². The predicted octanol–water partition coefficient (Wildman–Crippen LogP) is 5.39. The minimum atomic E-state index is -1.36. The Labute approximate surface area is 201 Å². The number of likely N-dealkylation sites (tertiary alicyclic amines) is 1. The lowest BCUT2D eigenvalue weighted by Crippen LogP contribution is -2.22. The van der Waals surface area contributed by atoms with E-state index in [4.69, 9.17) is 0 Å².